The number of benzene rings is 2. The third kappa shape index (κ3) is 5.57. The van der Waals surface area contributed by atoms with Gasteiger partial charge in [-0.15, -0.1) is 0 Å². The Labute approximate surface area is 159 Å². The summed E-state index contributed by atoms with van der Waals surface area (Å²) >= 11 is 5.88. The summed E-state index contributed by atoms with van der Waals surface area (Å²) in [6, 6.07) is 10.5. The van der Waals surface area contributed by atoms with E-state index < -0.39 is 10.8 Å². The van der Waals surface area contributed by atoms with Crippen LogP contribution >= 0.6 is 11.6 Å². The molecule has 0 aromatic heterocycles. The highest BCUT2D eigenvalue weighted by molar-refractivity contribution is 6.31. The molecule has 4 N–H and O–H groups in total. The molecule has 0 saturated heterocycles. The van der Waals surface area contributed by atoms with Gasteiger partial charge in [-0.3, -0.25) is 14.9 Å². The predicted molar refractivity (Wildman–Crippen MR) is 102 cm³/mol. The average molecular weight is 390 g/mol. The third-order valence-corrected chi connectivity index (χ3v) is 3.69. The van der Waals surface area contributed by atoms with Crippen LogP contribution in [0.3, 0.4) is 0 Å². The molecule has 0 radical (unpaired) electrons. The summed E-state index contributed by atoms with van der Waals surface area (Å²) < 4.78 is 0. The molecule has 0 spiro atoms. The maximum Gasteiger partial charge on any atom is 0.271 e. The number of aliphatic hydroxyl groups excluding tert-OH is 1. The molecule has 0 aliphatic heterocycles. The van der Waals surface area contributed by atoms with Gasteiger partial charge in [-0.2, -0.15) is 5.26 Å². The van der Waals surface area contributed by atoms with E-state index in [4.69, 9.17) is 22.0 Å². The van der Waals surface area contributed by atoms with Gasteiger partial charge in [0.2, 0.25) is 5.91 Å². The van der Waals surface area contributed by atoms with E-state index >= 15 is 0 Å². The van der Waals surface area contributed by atoms with Crippen LogP contribution in [0.1, 0.15) is 5.56 Å². The lowest BCUT2D eigenvalue weighted by Gasteiger charge is -2.14. The molecule has 0 saturated carbocycles. The van der Waals surface area contributed by atoms with Crippen molar-refractivity contribution in [2.45, 2.75) is 0 Å². The fraction of sp³-hybridized carbons (Fsp3) is 0.176. The summed E-state index contributed by atoms with van der Waals surface area (Å²) in [7, 11) is 0. The van der Waals surface area contributed by atoms with E-state index in [-0.39, 0.29) is 36.6 Å². The molecule has 0 fully saturated rings. The molecule has 2 aromatic carbocycles. The number of nitrogens with one attached hydrogen (secondary N) is 3. The van der Waals surface area contributed by atoms with Gasteiger partial charge in [-0.25, -0.2) is 0 Å². The number of rotatable bonds is 8. The van der Waals surface area contributed by atoms with Crippen molar-refractivity contribution in [3.8, 4) is 6.07 Å². The summed E-state index contributed by atoms with van der Waals surface area (Å²) in [4.78, 5) is 22.6. The number of nitro groups is 1. The predicted octanol–water partition coefficient (Wildman–Crippen LogP) is 2.57. The van der Waals surface area contributed by atoms with Gasteiger partial charge >= 0.3 is 0 Å². The van der Waals surface area contributed by atoms with Crippen molar-refractivity contribution < 1.29 is 14.8 Å². The second-order valence-electron chi connectivity index (χ2n) is 5.34. The Morgan fingerprint density at radius 1 is 1.19 bits per heavy atom. The molecule has 0 bridgehead atoms. The first-order valence-corrected chi connectivity index (χ1v) is 8.19. The van der Waals surface area contributed by atoms with Crippen LogP contribution in [0.2, 0.25) is 5.02 Å². The van der Waals surface area contributed by atoms with Crippen molar-refractivity contribution in [1.29, 1.82) is 5.26 Å². The summed E-state index contributed by atoms with van der Waals surface area (Å²) in [6.45, 7) is -0.0816. The van der Waals surface area contributed by atoms with Crippen molar-refractivity contribution in [2.75, 3.05) is 35.6 Å². The molecular formula is C17H16ClN5O4. The molecule has 0 aliphatic carbocycles. The van der Waals surface area contributed by atoms with E-state index in [9.17, 15) is 14.9 Å². The second kappa shape index (κ2) is 9.38. The highest BCUT2D eigenvalue weighted by atomic mass is 35.5. The largest absolute Gasteiger partial charge is 0.395 e. The number of aliphatic hydroxyl groups is 1. The topological polar surface area (TPSA) is 140 Å². The number of amides is 1. The number of carbonyl (C=O) groups is 1. The molecule has 0 atom stereocenters. The van der Waals surface area contributed by atoms with Crippen LogP contribution in [0.15, 0.2) is 36.4 Å². The van der Waals surface area contributed by atoms with E-state index in [1.165, 1.54) is 36.4 Å². The van der Waals surface area contributed by atoms with Crippen molar-refractivity contribution >= 4 is 40.3 Å². The molecule has 2 rings (SSSR count). The normalized spacial score (nSPS) is 9.96. The number of nitriles is 1. The van der Waals surface area contributed by atoms with Gasteiger partial charge in [-0.05, 0) is 24.3 Å². The Balaban J connectivity index is 2.12. The molecule has 27 heavy (non-hydrogen) atoms. The maximum absolute atomic E-state index is 12.2. The molecule has 0 heterocycles. The fourth-order valence-electron chi connectivity index (χ4n) is 2.22. The van der Waals surface area contributed by atoms with Gasteiger partial charge in [0.25, 0.3) is 5.69 Å². The number of anilines is 3. The van der Waals surface area contributed by atoms with Crippen LogP contribution < -0.4 is 16.0 Å². The molecule has 9 nitrogen and oxygen atoms in total. The highest BCUT2D eigenvalue weighted by Gasteiger charge is 2.13. The maximum atomic E-state index is 12.2. The Morgan fingerprint density at radius 3 is 2.63 bits per heavy atom. The number of hydrogen-bond acceptors (Lipinski definition) is 7. The lowest BCUT2D eigenvalue weighted by Crippen LogP contribution is -2.23. The molecular weight excluding hydrogens is 374 g/mol. The SMILES string of the molecule is N#Cc1ccc(Cl)cc1NC(=O)CNc1cc([N+](=O)[O-])ccc1NCCO. The lowest BCUT2D eigenvalue weighted by atomic mass is 10.2. The van der Waals surface area contributed by atoms with E-state index in [1.807, 2.05) is 6.07 Å². The number of nitro benzene ring substituents is 1. The van der Waals surface area contributed by atoms with Crippen LogP contribution in [0, 0.1) is 21.4 Å². The summed E-state index contributed by atoms with van der Waals surface area (Å²) in [5, 5.41) is 37.6. The van der Waals surface area contributed by atoms with Gasteiger partial charge in [0.1, 0.15) is 6.07 Å². The molecule has 140 valence electrons. The van der Waals surface area contributed by atoms with Crippen LogP contribution in [0.5, 0.6) is 0 Å². The zero-order valence-corrected chi connectivity index (χ0v) is 14.8. The molecule has 1 amide bonds. The summed E-state index contributed by atoms with van der Waals surface area (Å²) in [5.41, 5.74) is 1.22. The number of nitrogens with zero attached hydrogens (tertiary/aromatic N) is 2. The lowest BCUT2D eigenvalue weighted by molar-refractivity contribution is -0.384. The van der Waals surface area contributed by atoms with Gasteiger partial charge in [0.15, 0.2) is 0 Å². The number of halogens is 1. The third-order valence-electron chi connectivity index (χ3n) is 3.46. The fourth-order valence-corrected chi connectivity index (χ4v) is 2.40. The number of non-ortho nitro benzene ring substituents is 1. The quantitative estimate of drug-likeness (QED) is 0.401. The van der Waals surface area contributed by atoms with Crippen molar-refractivity contribution in [1.82, 2.24) is 0 Å². The summed E-state index contributed by atoms with van der Waals surface area (Å²) in [6.07, 6.45) is 0. The van der Waals surface area contributed by atoms with E-state index in [2.05, 4.69) is 16.0 Å². The minimum atomic E-state index is -0.549. The van der Waals surface area contributed by atoms with Crippen LogP contribution in [0.4, 0.5) is 22.7 Å². The minimum Gasteiger partial charge on any atom is -0.395 e. The van der Waals surface area contributed by atoms with Crippen LogP contribution in [0.25, 0.3) is 0 Å². The number of carbonyl (C=O) groups excluding carboxylic acids is 1. The smallest absolute Gasteiger partial charge is 0.271 e. The van der Waals surface area contributed by atoms with Crippen molar-refractivity contribution in [3.05, 3.63) is 57.1 Å². The van der Waals surface area contributed by atoms with Crippen molar-refractivity contribution in [3.63, 3.8) is 0 Å². The second-order valence-corrected chi connectivity index (χ2v) is 5.78. The first-order chi connectivity index (χ1) is 12.9. The highest BCUT2D eigenvalue weighted by Crippen LogP contribution is 2.27. The zero-order chi connectivity index (χ0) is 19.8. The standard InChI is InChI=1S/C17H16ClN5O4/c18-12-2-1-11(9-19)15(7-12)22-17(25)10-21-16-8-13(23(26)27)3-4-14(16)20-5-6-24/h1-4,7-8,20-21,24H,5-6,10H2,(H,22,25). The Bertz CT molecular complexity index is 897. The van der Waals surface area contributed by atoms with Crippen LogP contribution in [-0.2, 0) is 4.79 Å². The average Bonchev–Trinajstić information content (AvgIpc) is 2.65. The first-order valence-electron chi connectivity index (χ1n) is 7.81. The first kappa shape index (κ1) is 20.0. The Kier molecular flexibility index (Phi) is 6.93. The monoisotopic (exact) mass is 389 g/mol. The van der Waals surface area contributed by atoms with E-state index in [1.54, 1.807) is 0 Å². The summed E-state index contributed by atoms with van der Waals surface area (Å²) in [5.74, 6) is -0.464. The van der Waals surface area contributed by atoms with E-state index in [0.717, 1.165) is 0 Å². The van der Waals surface area contributed by atoms with Crippen LogP contribution in [-0.4, -0.2) is 35.6 Å². The Hall–Kier alpha value is -3.35. The van der Waals surface area contributed by atoms with Crippen molar-refractivity contribution in [2.24, 2.45) is 0 Å². The zero-order valence-electron chi connectivity index (χ0n) is 14.0. The van der Waals surface area contributed by atoms with Gasteiger partial charge in [-0.1, -0.05) is 11.6 Å². The van der Waals surface area contributed by atoms with Gasteiger partial charge in [0, 0.05) is 23.7 Å². The minimum absolute atomic E-state index is 0.122. The number of hydrogen-bond donors (Lipinski definition) is 4. The Morgan fingerprint density at radius 2 is 1.96 bits per heavy atom. The van der Waals surface area contributed by atoms with Gasteiger partial charge in [0.05, 0.1) is 40.7 Å². The molecule has 10 heteroatoms. The molecule has 2 aromatic rings. The molecule has 0 aliphatic rings. The molecule has 0 unspecified atom stereocenters. The van der Waals surface area contributed by atoms with E-state index in [0.29, 0.717) is 16.4 Å². The van der Waals surface area contributed by atoms with Gasteiger partial charge < -0.3 is 21.1 Å².